The summed E-state index contributed by atoms with van der Waals surface area (Å²) in [5, 5.41) is 3.68. The molecule has 20 heavy (non-hydrogen) atoms. The van der Waals surface area contributed by atoms with Gasteiger partial charge in [0.2, 0.25) is 5.91 Å². The summed E-state index contributed by atoms with van der Waals surface area (Å²) >= 11 is 0. The smallest absolute Gasteiger partial charge is 0.244 e. The van der Waals surface area contributed by atoms with Crippen molar-refractivity contribution in [3.63, 3.8) is 0 Å². The van der Waals surface area contributed by atoms with Gasteiger partial charge in [0.1, 0.15) is 0 Å². The number of nitrogens with zero attached hydrogens (tertiary/aromatic N) is 2. The van der Waals surface area contributed by atoms with E-state index in [1.165, 1.54) is 12.8 Å². The summed E-state index contributed by atoms with van der Waals surface area (Å²) in [6.45, 7) is 7.58. The molecule has 2 atom stereocenters. The first-order chi connectivity index (χ1) is 9.41. The van der Waals surface area contributed by atoms with Crippen LogP contribution in [0.3, 0.4) is 0 Å². The molecule has 1 spiro atoms. The van der Waals surface area contributed by atoms with E-state index in [-0.39, 0.29) is 11.7 Å². The number of hydrogen-bond donors (Lipinski definition) is 1. The third kappa shape index (κ3) is 2.73. The first-order valence-corrected chi connectivity index (χ1v) is 8.16. The van der Waals surface area contributed by atoms with Crippen molar-refractivity contribution in [2.75, 3.05) is 20.6 Å². The van der Waals surface area contributed by atoms with Crippen LogP contribution in [0.15, 0.2) is 0 Å². The number of likely N-dealkylation sites (N-methyl/N-ethyl adjacent to an activating group) is 1. The van der Waals surface area contributed by atoms with E-state index in [1.807, 2.05) is 0 Å². The van der Waals surface area contributed by atoms with Crippen molar-refractivity contribution < 1.29 is 4.79 Å². The maximum Gasteiger partial charge on any atom is 0.244 e. The molecule has 0 aromatic heterocycles. The molecule has 1 aliphatic carbocycles. The Morgan fingerprint density at radius 2 is 1.95 bits per heavy atom. The van der Waals surface area contributed by atoms with Crippen molar-refractivity contribution in [2.45, 2.75) is 70.6 Å². The first kappa shape index (κ1) is 15.8. The lowest BCUT2D eigenvalue weighted by Gasteiger charge is -2.37. The van der Waals surface area contributed by atoms with Crippen LogP contribution in [0.2, 0.25) is 0 Å². The maximum atomic E-state index is 13.1. The lowest BCUT2D eigenvalue weighted by Crippen LogP contribution is -2.51. The Labute approximate surface area is 123 Å². The average Bonchev–Trinajstić information content (AvgIpc) is 2.94. The Kier molecular flexibility index (Phi) is 4.75. The predicted octanol–water partition coefficient (Wildman–Crippen LogP) is 2.05. The summed E-state index contributed by atoms with van der Waals surface area (Å²) in [6, 6.07) is 0.301. The Morgan fingerprint density at radius 1 is 1.35 bits per heavy atom. The third-order valence-electron chi connectivity index (χ3n) is 4.95. The van der Waals surface area contributed by atoms with E-state index in [1.54, 1.807) is 0 Å². The molecule has 0 aromatic carbocycles. The van der Waals surface area contributed by atoms with Crippen molar-refractivity contribution in [3.05, 3.63) is 0 Å². The minimum absolute atomic E-state index is 0.216. The van der Waals surface area contributed by atoms with Crippen LogP contribution >= 0.6 is 0 Å². The number of amides is 1. The largest absolute Gasteiger partial charge is 0.321 e. The Morgan fingerprint density at radius 3 is 2.40 bits per heavy atom. The fraction of sp³-hybridized carbons (Fsp3) is 0.938. The average molecular weight is 281 g/mol. The predicted molar refractivity (Wildman–Crippen MR) is 82.4 cm³/mol. The summed E-state index contributed by atoms with van der Waals surface area (Å²) in [5.41, 5.74) is -0.236. The molecule has 2 rings (SSSR count). The van der Waals surface area contributed by atoms with E-state index in [2.05, 4.69) is 50.0 Å². The van der Waals surface area contributed by atoms with E-state index in [0.717, 1.165) is 25.8 Å². The number of carbonyl (C=O) groups is 1. The van der Waals surface area contributed by atoms with Crippen molar-refractivity contribution in [2.24, 2.45) is 5.92 Å². The molecule has 1 saturated carbocycles. The van der Waals surface area contributed by atoms with Crippen molar-refractivity contribution in [1.82, 2.24) is 15.1 Å². The van der Waals surface area contributed by atoms with Crippen LogP contribution in [-0.4, -0.2) is 54.1 Å². The molecule has 116 valence electrons. The molecule has 1 aliphatic heterocycles. The van der Waals surface area contributed by atoms with E-state index < -0.39 is 0 Å². The second kappa shape index (κ2) is 6.02. The molecule has 0 radical (unpaired) electrons. The zero-order chi connectivity index (χ0) is 14.9. The van der Waals surface area contributed by atoms with Crippen LogP contribution in [0.4, 0.5) is 0 Å². The Bertz CT molecular complexity index is 348. The second-order valence-electron chi connectivity index (χ2n) is 7.14. The maximum absolute atomic E-state index is 13.1. The Balaban J connectivity index is 2.24. The highest BCUT2D eigenvalue weighted by Gasteiger charge is 2.53. The molecule has 1 saturated heterocycles. The summed E-state index contributed by atoms with van der Waals surface area (Å²) in [4.78, 5) is 17.4. The molecule has 1 heterocycles. The fourth-order valence-electron chi connectivity index (χ4n) is 3.85. The van der Waals surface area contributed by atoms with Gasteiger partial charge in [-0.1, -0.05) is 33.6 Å². The minimum atomic E-state index is -0.236. The van der Waals surface area contributed by atoms with E-state index in [9.17, 15) is 4.79 Å². The highest BCUT2D eigenvalue weighted by atomic mass is 16.2. The van der Waals surface area contributed by atoms with Crippen LogP contribution in [-0.2, 0) is 4.79 Å². The van der Waals surface area contributed by atoms with Gasteiger partial charge >= 0.3 is 0 Å². The number of carbonyl (C=O) groups excluding carboxylic acids is 1. The van der Waals surface area contributed by atoms with E-state index >= 15 is 0 Å². The van der Waals surface area contributed by atoms with Gasteiger partial charge in [0.15, 0.2) is 0 Å². The third-order valence-corrected chi connectivity index (χ3v) is 4.95. The minimum Gasteiger partial charge on any atom is -0.321 e. The molecular weight excluding hydrogens is 250 g/mol. The van der Waals surface area contributed by atoms with Gasteiger partial charge in [0.25, 0.3) is 0 Å². The summed E-state index contributed by atoms with van der Waals surface area (Å²) in [6.07, 6.45) is 5.61. The van der Waals surface area contributed by atoms with Crippen LogP contribution < -0.4 is 5.32 Å². The SMILES string of the molecule is CCC1NC2(CCCC2)C(=O)N1C(CN(C)C)C(C)C. The highest BCUT2D eigenvalue weighted by Crippen LogP contribution is 2.38. The van der Waals surface area contributed by atoms with Gasteiger partial charge in [0.05, 0.1) is 11.7 Å². The lowest BCUT2D eigenvalue weighted by atomic mass is 9.95. The van der Waals surface area contributed by atoms with Gasteiger partial charge in [-0.2, -0.15) is 0 Å². The number of nitrogens with one attached hydrogen (secondary N) is 1. The van der Waals surface area contributed by atoms with Crippen LogP contribution in [0.25, 0.3) is 0 Å². The van der Waals surface area contributed by atoms with E-state index in [4.69, 9.17) is 0 Å². The molecule has 2 fully saturated rings. The molecule has 4 heteroatoms. The summed E-state index contributed by atoms with van der Waals surface area (Å²) < 4.78 is 0. The zero-order valence-corrected chi connectivity index (χ0v) is 13.8. The fourth-order valence-corrected chi connectivity index (χ4v) is 3.85. The van der Waals surface area contributed by atoms with Gasteiger partial charge in [-0.05, 0) is 39.3 Å². The first-order valence-electron chi connectivity index (χ1n) is 8.16. The van der Waals surface area contributed by atoms with Gasteiger partial charge in [0, 0.05) is 12.6 Å². The van der Waals surface area contributed by atoms with Gasteiger partial charge in [-0.15, -0.1) is 0 Å². The summed E-state index contributed by atoms with van der Waals surface area (Å²) in [7, 11) is 4.19. The molecule has 1 N–H and O–H groups in total. The normalized spacial score (nSPS) is 27.2. The topological polar surface area (TPSA) is 35.6 Å². The van der Waals surface area contributed by atoms with Crippen molar-refractivity contribution in [1.29, 1.82) is 0 Å². The molecule has 2 aliphatic rings. The molecule has 1 amide bonds. The monoisotopic (exact) mass is 281 g/mol. The van der Waals surface area contributed by atoms with Gasteiger partial charge in [-0.3, -0.25) is 10.1 Å². The standard InChI is InChI=1S/C16H31N3O/c1-6-14-17-16(9-7-8-10-16)15(20)19(14)13(12(2)3)11-18(4)5/h12-14,17H,6-11H2,1-5H3. The van der Waals surface area contributed by atoms with Crippen LogP contribution in [0.1, 0.15) is 52.9 Å². The summed E-state index contributed by atoms with van der Waals surface area (Å²) in [5.74, 6) is 0.844. The molecule has 0 aromatic rings. The van der Waals surface area contributed by atoms with Crippen molar-refractivity contribution >= 4 is 5.91 Å². The zero-order valence-electron chi connectivity index (χ0n) is 13.8. The lowest BCUT2D eigenvalue weighted by molar-refractivity contribution is -0.136. The van der Waals surface area contributed by atoms with E-state index in [0.29, 0.717) is 17.9 Å². The molecule has 0 bridgehead atoms. The molecule has 4 nitrogen and oxygen atoms in total. The second-order valence-corrected chi connectivity index (χ2v) is 7.14. The van der Waals surface area contributed by atoms with Crippen LogP contribution in [0.5, 0.6) is 0 Å². The number of hydrogen-bond acceptors (Lipinski definition) is 3. The number of rotatable bonds is 5. The van der Waals surface area contributed by atoms with Gasteiger partial charge < -0.3 is 9.80 Å². The Hall–Kier alpha value is -0.610. The van der Waals surface area contributed by atoms with Crippen LogP contribution in [0, 0.1) is 5.92 Å². The molecule has 2 unspecified atom stereocenters. The quantitative estimate of drug-likeness (QED) is 0.838. The molecular formula is C16H31N3O. The highest BCUT2D eigenvalue weighted by molar-refractivity contribution is 5.89. The van der Waals surface area contributed by atoms with Crippen molar-refractivity contribution in [3.8, 4) is 0 Å². The van der Waals surface area contributed by atoms with Gasteiger partial charge in [-0.25, -0.2) is 0 Å².